The molecule has 0 spiro atoms. The van der Waals surface area contributed by atoms with Crippen molar-refractivity contribution in [1.82, 2.24) is 5.32 Å². The zero-order chi connectivity index (χ0) is 8.27. The molecule has 1 aliphatic rings. The zero-order valence-corrected chi connectivity index (χ0v) is 6.47. The highest BCUT2D eigenvalue weighted by Gasteiger charge is 2.04. The first-order valence-electron chi connectivity index (χ1n) is 3.22. The Kier molecular flexibility index (Phi) is 2.14. The highest BCUT2D eigenvalue weighted by Crippen LogP contribution is 2.10. The molecule has 1 heterocycles. The van der Waals surface area contributed by atoms with Crippen LogP contribution in [0.3, 0.4) is 0 Å². The molecule has 0 bridgehead atoms. The quantitative estimate of drug-likeness (QED) is 0.562. The van der Waals surface area contributed by atoms with E-state index in [1.165, 1.54) is 0 Å². The van der Waals surface area contributed by atoms with E-state index in [-0.39, 0.29) is 0 Å². The minimum atomic E-state index is 0.404. The lowest BCUT2D eigenvalue weighted by Crippen LogP contribution is -2.14. The highest BCUT2D eigenvalue weighted by atomic mass is 16.5. The number of nitrogens with one attached hydrogen (secondary N) is 1. The molecule has 1 rings (SSSR count). The van der Waals surface area contributed by atoms with Gasteiger partial charge in [-0.15, -0.1) is 0 Å². The summed E-state index contributed by atoms with van der Waals surface area (Å²) in [6, 6.07) is 0. The van der Waals surface area contributed by atoms with Gasteiger partial charge in [-0.05, 0) is 13.0 Å². The van der Waals surface area contributed by atoms with E-state index in [1.54, 1.807) is 25.2 Å². The first-order chi connectivity index (χ1) is 5.26. The molecule has 58 valence electrons. The highest BCUT2D eigenvalue weighted by molar-refractivity contribution is 5.59. The van der Waals surface area contributed by atoms with Crippen molar-refractivity contribution in [2.75, 3.05) is 7.11 Å². The second-order valence-corrected chi connectivity index (χ2v) is 2.22. The third-order valence-corrected chi connectivity index (χ3v) is 1.32. The summed E-state index contributed by atoms with van der Waals surface area (Å²) < 4.78 is 4.94. The van der Waals surface area contributed by atoms with Gasteiger partial charge in [0.1, 0.15) is 11.5 Å². The van der Waals surface area contributed by atoms with Gasteiger partial charge in [-0.1, -0.05) is 0 Å². The van der Waals surface area contributed by atoms with Gasteiger partial charge in [0.2, 0.25) is 0 Å². The van der Waals surface area contributed by atoms with Crippen molar-refractivity contribution >= 4 is 5.94 Å². The molecule has 0 aromatic carbocycles. The molecule has 1 aliphatic heterocycles. The Morgan fingerprint density at radius 1 is 1.55 bits per heavy atom. The minimum absolute atomic E-state index is 0.404. The molecule has 0 saturated carbocycles. The van der Waals surface area contributed by atoms with Crippen LogP contribution in [0.1, 0.15) is 6.92 Å². The van der Waals surface area contributed by atoms with Crippen molar-refractivity contribution in [3.8, 4) is 0 Å². The maximum atomic E-state index is 10.2. The summed E-state index contributed by atoms with van der Waals surface area (Å²) in [7, 11) is 1.56. The fourth-order valence-electron chi connectivity index (χ4n) is 0.855. The number of ether oxygens (including phenoxy) is 1. The second-order valence-electron chi connectivity index (χ2n) is 2.22. The van der Waals surface area contributed by atoms with Crippen LogP contribution in [0.15, 0.2) is 29.3 Å². The Morgan fingerprint density at radius 2 is 2.27 bits per heavy atom. The molecule has 0 amide bonds. The minimum Gasteiger partial charge on any atom is -0.497 e. The van der Waals surface area contributed by atoms with Crippen molar-refractivity contribution < 1.29 is 9.53 Å². The van der Waals surface area contributed by atoms with E-state index < -0.39 is 0 Å². The summed E-state index contributed by atoms with van der Waals surface area (Å²) in [5.74, 6) is 2.42. The second kappa shape index (κ2) is 3.08. The van der Waals surface area contributed by atoms with Crippen LogP contribution in [-0.4, -0.2) is 13.1 Å². The summed E-state index contributed by atoms with van der Waals surface area (Å²) in [5.41, 5.74) is 1.28. The molecule has 3 heteroatoms. The fourth-order valence-corrected chi connectivity index (χ4v) is 0.855. The SMILES string of the molecule is COC1=CC(=C=O)NC(C)=C1. The van der Waals surface area contributed by atoms with Gasteiger partial charge in [0.25, 0.3) is 0 Å². The van der Waals surface area contributed by atoms with Gasteiger partial charge in [0, 0.05) is 11.8 Å². The lowest BCUT2D eigenvalue weighted by atomic mass is 10.2. The fraction of sp³-hybridized carbons (Fsp3) is 0.250. The first-order valence-corrected chi connectivity index (χ1v) is 3.22. The molecule has 0 aromatic heterocycles. The molecule has 0 aromatic rings. The smallest absolute Gasteiger partial charge is 0.150 e. The van der Waals surface area contributed by atoms with E-state index in [0.717, 1.165) is 5.70 Å². The number of carbonyl (C=O) groups excluding carboxylic acids is 1. The molecule has 3 nitrogen and oxygen atoms in total. The van der Waals surface area contributed by atoms with Crippen molar-refractivity contribution in [3.63, 3.8) is 0 Å². The largest absolute Gasteiger partial charge is 0.497 e. The van der Waals surface area contributed by atoms with E-state index in [1.807, 2.05) is 6.92 Å². The number of allylic oxidation sites excluding steroid dienone is 3. The predicted molar refractivity (Wildman–Crippen MR) is 41.2 cm³/mol. The molecular formula is C8H9NO2. The third kappa shape index (κ3) is 1.72. The van der Waals surface area contributed by atoms with Crippen LogP contribution in [0.4, 0.5) is 0 Å². The number of hydrogen-bond acceptors (Lipinski definition) is 3. The van der Waals surface area contributed by atoms with Crippen molar-refractivity contribution in [2.24, 2.45) is 0 Å². The normalized spacial score (nSPS) is 16.0. The van der Waals surface area contributed by atoms with Crippen LogP contribution in [0, 0.1) is 0 Å². The Balaban J connectivity index is 2.95. The van der Waals surface area contributed by atoms with Crippen LogP contribution in [0.5, 0.6) is 0 Å². The molecule has 1 N–H and O–H groups in total. The Bertz CT molecular complexity index is 270. The van der Waals surface area contributed by atoms with Crippen molar-refractivity contribution in [2.45, 2.75) is 6.92 Å². The zero-order valence-electron chi connectivity index (χ0n) is 6.47. The maximum Gasteiger partial charge on any atom is 0.150 e. The average Bonchev–Trinajstić information content (AvgIpc) is 2.03. The monoisotopic (exact) mass is 151 g/mol. The molecule has 11 heavy (non-hydrogen) atoms. The van der Waals surface area contributed by atoms with Gasteiger partial charge in [0.15, 0.2) is 5.94 Å². The number of rotatable bonds is 1. The van der Waals surface area contributed by atoms with Gasteiger partial charge in [-0.3, -0.25) is 0 Å². The molecule has 0 atom stereocenters. The topological polar surface area (TPSA) is 38.3 Å². The summed E-state index contributed by atoms with van der Waals surface area (Å²) in [6.45, 7) is 1.85. The van der Waals surface area contributed by atoms with Gasteiger partial charge in [0.05, 0.1) is 7.11 Å². The van der Waals surface area contributed by atoms with Crippen LogP contribution < -0.4 is 5.32 Å². The maximum absolute atomic E-state index is 10.2. The summed E-state index contributed by atoms with van der Waals surface area (Å²) >= 11 is 0. The van der Waals surface area contributed by atoms with Gasteiger partial charge < -0.3 is 10.1 Å². The van der Waals surface area contributed by atoms with Crippen LogP contribution in [-0.2, 0) is 9.53 Å². The summed E-state index contributed by atoms with van der Waals surface area (Å²) in [4.78, 5) is 10.2. The molecule has 0 fully saturated rings. The number of hydrogen-bond donors (Lipinski definition) is 1. The van der Waals surface area contributed by atoms with Gasteiger partial charge >= 0.3 is 0 Å². The lowest BCUT2D eigenvalue weighted by molar-refractivity contribution is 0.304. The Labute approximate surface area is 65.0 Å². The molecule has 0 radical (unpaired) electrons. The molecule has 0 saturated heterocycles. The summed E-state index contributed by atoms with van der Waals surface area (Å²) in [5, 5.41) is 2.83. The Morgan fingerprint density at radius 3 is 2.82 bits per heavy atom. The standard InChI is InChI=1S/C8H9NO2/c1-6-3-8(11-2)4-7(5-10)9-6/h3-4,9H,1-2H3. The molecule has 0 aliphatic carbocycles. The van der Waals surface area contributed by atoms with E-state index in [4.69, 9.17) is 4.74 Å². The van der Waals surface area contributed by atoms with Crippen LogP contribution in [0.25, 0.3) is 0 Å². The molecular weight excluding hydrogens is 142 g/mol. The lowest BCUT2D eigenvalue weighted by Gasteiger charge is -2.11. The van der Waals surface area contributed by atoms with Crippen LogP contribution >= 0.6 is 0 Å². The summed E-state index contributed by atoms with van der Waals surface area (Å²) in [6.07, 6.45) is 3.40. The van der Waals surface area contributed by atoms with E-state index >= 15 is 0 Å². The van der Waals surface area contributed by atoms with Gasteiger partial charge in [-0.25, -0.2) is 4.79 Å². The molecule has 0 unspecified atom stereocenters. The van der Waals surface area contributed by atoms with Crippen molar-refractivity contribution in [1.29, 1.82) is 0 Å². The van der Waals surface area contributed by atoms with Crippen LogP contribution in [0.2, 0.25) is 0 Å². The number of dihydropyridines is 1. The Hall–Kier alpha value is -1.47. The first kappa shape index (κ1) is 7.63. The van der Waals surface area contributed by atoms with Crippen molar-refractivity contribution in [3.05, 3.63) is 29.3 Å². The van der Waals surface area contributed by atoms with E-state index in [9.17, 15) is 4.79 Å². The van der Waals surface area contributed by atoms with E-state index in [2.05, 4.69) is 5.32 Å². The predicted octanol–water partition coefficient (Wildman–Crippen LogP) is 0.739. The average molecular weight is 151 g/mol. The number of methoxy groups -OCH3 is 1. The van der Waals surface area contributed by atoms with Gasteiger partial charge in [-0.2, -0.15) is 0 Å². The third-order valence-electron chi connectivity index (χ3n) is 1.32. The van der Waals surface area contributed by atoms with E-state index in [0.29, 0.717) is 11.5 Å².